The largest absolute Gasteiger partial charge is 0.360 e. The summed E-state index contributed by atoms with van der Waals surface area (Å²) in [6.45, 7) is 6.77. The summed E-state index contributed by atoms with van der Waals surface area (Å²) < 4.78 is 0. The Balaban J connectivity index is 1.37. The second kappa shape index (κ2) is 6.69. The summed E-state index contributed by atoms with van der Waals surface area (Å²) in [7, 11) is 0. The van der Waals surface area contributed by atoms with Crippen molar-refractivity contribution in [2.24, 2.45) is 0 Å². The van der Waals surface area contributed by atoms with Crippen LogP contribution in [0.25, 0.3) is 11.0 Å². The number of carbonyl (C=O) groups is 1. The van der Waals surface area contributed by atoms with Gasteiger partial charge in [0.2, 0.25) is 0 Å². The van der Waals surface area contributed by atoms with Crippen LogP contribution in [-0.4, -0.2) is 41.9 Å². The van der Waals surface area contributed by atoms with E-state index in [0.717, 1.165) is 55.1 Å². The lowest BCUT2D eigenvalue weighted by Crippen LogP contribution is -3.13. The van der Waals surface area contributed by atoms with Crippen molar-refractivity contribution in [3.05, 3.63) is 59.9 Å². The second-order valence-electron chi connectivity index (χ2n) is 6.72. The fraction of sp³-hybridized carbons (Fsp3) is 0.300. The summed E-state index contributed by atoms with van der Waals surface area (Å²) in [4.78, 5) is 23.4. The van der Waals surface area contributed by atoms with Gasteiger partial charge in [-0.25, -0.2) is 4.98 Å². The molecule has 2 aromatic carbocycles. The fourth-order valence-corrected chi connectivity index (χ4v) is 3.49. The number of carbonyl (C=O) groups excluding carboxylic acids is 1. The van der Waals surface area contributed by atoms with Crippen LogP contribution in [0, 0.1) is 0 Å². The molecule has 0 bridgehead atoms. The number of H-pyrrole nitrogens is 1. The van der Waals surface area contributed by atoms with Crippen molar-refractivity contribution in [2.75, 3.05) is 31.1 Å². The summed E-state index contributed by atoms with van der Waals surface area (Å²) in [6, 6.07) is 16.1. The number of quaternary nitrogens is 1. The molecule has 1 aliphatic rings. The van der Waals surface area contributed by atoms with Crippen LogP contribution in [0.4, 0.5) is 5.69 Å². The van der Waals surface area contributed by atoms with E-state index in [0.29, 0.717) is 0 Å². The number of imidazole rings is 1. The van der Waals surface area contributed by atoms with Crippen molar-refractivity contribution in [3.8, 4) is 0 Å². The predicted octanol–water partition coefficient (Wildman–Crippen LogP) is 1.67. The van der Waals surface area contributed by atoms with E-state index < -0.39 is 0 Å². The maximum Gasteiger partial charge on any atom is 0.162 e. The van der Waals surface area contributed by atoms with E-state index >= 15 is 0 Å². The maximum absolute atomic E-state index is 11.4. The fourth-order valence-electron chi connectivity index (χ4n) is 3.49. The quantitative estimate of drug-likeness (QED) is 0.713. The number of para-hydroxylation sites is 2. The van der Waals surface area contributed by atoms with Crippen molar-refractivity contribution in [1.82, 2.24) is 9.97 Å². The summed E-state index contributed by atoms with van der Waals surface area (Å²) in [5.74, 6) is 1.18. The molecular weight excluding hydrogens is 312 g/mol. The smallest absolute Gasteiger partial charge is 0.162 e. The van der Waals surface area contributed by atoms with Gasteiger partial charge in [-0.2, -0.15) is 0 Å². The van der Waals surface area contributed by atoms with E-state index in [2.05, 4.69) is 33.1 Å². The number of anilines is 1. The molecule has 0 spiro atoms. The van der Waals surface area contributed by atoms with Crippen LogP contribution in [0.1, 0.15) is 23.1 Å². The van der Waals surface area contributed by atoms with Crippen molar-refractivity contribution < 1.29 is 9.69 Å². The molecule has 2 heterocycles. The predicted molar refractivity (Wildman–Crippen MR) is 99.2 cm³/mol. The number of rotatable bonds is 4. The Kier molecular flexibility index (Phi) is 4.24. The van der Waals surface area contributed by atoms with Gasteiger partial charge >= 0.3 is 0 Å². The first-order chi connectivity index (χ1) is 12.2. The molecule has 0 aliphatic carbocycles. The van der Waals surface area contributed by atoms with Crippen LogP contribution in [-0.2, 0) is 6.54 Å². The number of benzene rings is 2. The summed E-state index contributed by atoms with van der Waals surface area (Å²) in [5, 5.41) is 0. The molecule has 1 saturated heterocycles. The molecule has 1 aliphatic heterocycles. The minimum atomic E-state index is 0.117. The Bertz CT molecular complexity index is 843. The molecule has 25 heavy (non-hydrogen) atoms. The third-order valence-electron chi connectivity index (χ3n) is 4.97. The first-order valence-corrected chi connectivity index (χ1v) is 8.82. The molecule has 2 N–H and O–H groups in total. The minimum absolute atomic E-state index is 0.117. The van der Waals surface area contributed by atoms with Crippen LogP contribution in [0.15, 0.2) is 48.5 Å². The summed E-state index contributed by atoms with van der Waals surface area (Å²) in [5.41, 5.74) is 4.13. The number of hydrogen-bond acceptors (Lipinski definition) is 3. The number of piperazine rings is 1. The van der Waals surface area contributed by atoms with Gasteiger partial charge in [0.15, 0.2) is 11.6 Å². The van der Waals surface area contributed by atoms with Crippen molar-refractivity contribution in [3.63, 3.8) is 0 Å². The van der Waals surface area contributed by atoms with Crippen molar-refractivity contribution in [1.29, 1.82) is 0 Å². The van der Waals surface area contributed by atoms with Gasteiger partial charge in [0.25, 0.3) is 0 Å². The van der Waals surface area contributed by atoms with Crippen molar-refractivity contribution >= 4 is 22.5 Å². The zero-order chi connectivity index (χ0) is 17.2. The molecule has 1 aromatic heterocycles. The van der Waals surface area contributed by atoms with Gasteiger partial charge in [-0.1, -0.05) is 12.1 Å². The second-order valence-corrected chi connectivity index (χ2v) is 6.72. The molecule has 3 aromatic rings. The molecule has 0 atom stereocenters. The Labute approximate surface area is 147 Å². The van der Waals surface area contributed by atoms with Gasteiger partial charge in [-0.15, -0.1) is 0 Å². The van der Waals surface area contributed by atoms with Crippen molar-refractivity contribution in [2.45, 2.75) is 13.5 Å². The normalized spacial score (nSPS) is 15.6. The highest BCUT2D eigenvalue weighted by Crippen LogP contribution is 2.15. The average molecular weight is 335 g/mol. The molecule has 0 unspecified atom stereocenters. The lowest BCUT2D eigenvalue weighted by atomic mass is 10.1. The number of fused-ring (bicyclic) bond motifs is 1. The zero-order valence-electron chi connectivity index (χ0n) is 14.5. The molecule has 1 fully saturated rings. The molecule has 0 saturated carbocycles. The van der Waals surface area contributed by atoms with E-state index in [1.54, 1.807) is 11.8 Å². The number of nitrogens with one attached hydrogen (secondary N) is 2. The zero-order valence-corrected chi connectivity index (χ0v) is 14.5. The highest BCUT2D eigenvalue weighted by Gasteiger charge is 2.21. The topological polar surface area (TPSA) is 53.4 Å². The van der Waals surface area contributed by atoms with Gasteiger partial charge in [-0.3, -0.25) is 4.79 Å². The van der Waals surface area contributed by atoms with E-state index in [1.165, 1.54) is 5.69 Å². The van der Waals surface area contributed by atoms with E-state index in [9.17, 15) is 4.79 Å². The molecule has 5 nitrogen and oxygen atoms in total. The number of hydrogen-bond donors (Lipinski definition) is 2. The van der Waals surface area contributed by atoms with Crippen LogP contribution >= 0.6 is 0 Å². The van der Waals surface area contributed by atoms with Gasteiger partial charge in [0.1, 0.15) is 6.54 Å². The van der Waals surface area contributed by atoms with Crippen LogP contribution in [0.2, 0.25) is 0 Å². The highest BCUT2D eigenvalue weighted by molar-refractivity contribution is 5.94. The first-order valence-electron chi connectivity index (χ1n) is 8.82. The van der Waals surface area contributed by atoms with E-state index in [-0.39, 0.29) is 5.78 Å². The highest BCUT2D eigenvalue weighted by atomic mass is 16.1. The summed E-state index contributed by atoms with van der Waals surface area (Å²) in [6.07, 6.45) is 0. The number of ketones is 1. The van der Waals surface area contributed by atoms with Crippen LogP contribution in [0.3, 0.4) is 0 Å². The summed E-state index contributed by atoms with van der Waals surface area (Å²) >= 11 is 0. The molecule has 0 radical (unpaired) electrons. The van der Waals surface area contributed by atoms with Gasteiger partial charge in [0, 0.05) is 11.3 Å². The standard InChI is InChI=1S/C20H22N4O/c1-15(25)16-6-8-17(9-7-16)24-12-10-23(11-13-24)14-20-21-18-4-2-3-5-19(18)22-20/h2-9H,10-14H2,1H3,(H,21,22)/p+1. The van der Waals surface area contributed by atoms with Crippen LogP contribution < -0.4 is 9.80 Å². The average Bonchev–Trinajstić information content (AvgIpc) is 3.05. The molecule has 0 amide bonds. The first kappa shape index (κ1) is 15.8. The monoisotopic (exact) mass is 335 g/mol. The van der Waals surface area contributed by atoms with Gasteiger partial charge in [0.05, 0.1) is 37.2 Å². The Morgan fingerprint density at radius 1 is 1.12 bits per heavy atom. The van der Waals surface area contributed by atoms with Gasteiger partial charge < -0.3 is 14.8 Å². The Hall–Kier alpha value is -2.66. The third kappa shape index (κ3) is 3.42. The lowest BCUT2D eigenvalue weighted by molar-refractivity contribution is -0.914. The minimum Gasteiger partial charge on any atom is -0.360 e. The SMILES string of the molecule is CC(=O)c1ccc(N2CC[NH+](Cc3nc4ccccc4[nH]3)CC2)cc1. The Morgan fingerprint density at radius 2 is 1.84 bits per heavy atom. The number of aromatic amines is 1. The van der Waals surface area contributed by atoms with E-state index in [4.69, 9.17) is 0 Å². The van der Waals surface area contributed by atoms with Gasteiger partial charge in [-0.05, 0) is 43.3 Å². The third-order valence-corrected chi connectivity index (χ3v) is 4.97. The number of aromatic nitrogens is 2. The molecular formula is C20H23N4O+. The molecule has 5 heteroatoms. The van der Waals surface area contributed by atoms with E-state index in [1.807, 2.05) is 30.3 Å². The van der Waals surface area contributed by atoms with Crippen LogP contribution in [0.5, 0.6) is 0 Å². The number of nitrogens with zero attached hydrogens (tertiary/aromatic N) is 2. The number of Topliss-reactive ketones (excluding diaryl/α,β-unsaturated/α-hetero) is 1. The molecule has 128 valence electrons. The molecule has 4 rings (SSSR count). The maximum atomic E-state index is 11.4. The Morgan fingerprint density at radius 3 is 2.52 bits per heavy atom. The lowest BCUT2D eigenvalue weighted by Gasteiger charge is -2.33.